The molecule has 1 rings (SSSR count). The topological polar surface area (TPSA) is 96.5 Å². The summed E-state index contributed by atoms with van der Waals surface area (Å²) in [6.07, 6.45) is 0.545. The van der Waals surface area contributed by atoms with Gasteiger partial charge in [0, 0.05) is 12.7 Å². The van der Waals surface area contributed by atoms with Crippen LogP contribution in [0.4, 0.5) is 17.1 Å². The molecule has 21 heavy (non-hydrogen) atoms. The Morgan fingerprint density at radius 2 is 2.05 bits per heavy atom. The zero-order chi connectivity index (χ0) is 15.8. The fraction of sp³-hybridized carbons (Fsp3) is 0.357. The third-order valence-corrected chi connectivity index (χ3v) is 2.80. The molecule has 0 heterocycles. The number of carbonyl (C=O) groups excluding carboxylic acids is 3. The minimum Gasteiger partial charge on any atom is -0.465 e. The Morgan fingerprint density at radius 3 is 2.62 bits per heavy atom. The maximum absolute atomic E-state index is 11.9. The molecule has 114 valence electrons. The Balaban J connectivity index is 2.82. The van der Waals surface area contributed by atoms with Gasteiger partial charge in [0.25, 0.3) is 0 Å². The quantitative estimate of drug-likeness (QED) is 0.401. The Labute approximate surface area is 123 Å². The number of nitrogens with one attached hydrogen (secondary N) is 3. The molecule has 1 aromatic carbocycles. The van der Waals surface area contributed by atoms with Crippen molar-refractivity contribution in [2.75, 3.05) is 29.6 Å². The average molecular weight is 293 g/mol. The van der Waals surface area contributed by atoms with Gasteiger partial charge in [-0.3, -0.25) is 14.4 Å². The predicted molar refractivity (Wildman–Crippen MR) is 80.1 cm³/mol. The molecule has 3 N–H and O–H groups in total. The number of ether oxygens (including phenoxy) is 1. The second-order valence-electron chi connectivity index (χ2n) is 4.24. The molecule has 0 aliphatic carbocycles. The number of benzene rings is 1. The highest BCUT2D eigenvalue weighted by Gasteiger charge is 2.22. The van der Waals surface area contributed by atoms with Crippen LogP contribution in [0.3, 0.4) is 0 Å². The van der Waals surface area contributed by atoms with E-state index in [0.717, 1.165) is 0 Å². The van der Waals surface area contributed by atoms with Crippen LogP contribution in [0.2, 0.25) is 0 Å². The lowest BCUT2D eigenvalue weighted by Gasteiger charge is -2.13. The summed E-state index contributed by atoms with van der Waals surface area (Å²) < 4.78 is 4.79. The van der Waals surface area contributed by atoms with Crippen LogP contribution >= 0.6 is 0 Å². The lowest BCUT2D eigenvalue weighted by atomic mass is 10.1. The van der Waals surface area contributed by atoms with Crippen LogP contribution in [0.5, 0.6) is 0 Å². The van der Waals surface area contributed by atoms with E-state index in [9.17, 15) is 14.4 Å². The number of rotatable bonds is 7. The van der Waals surface area contributed by atoms with Crippen molar-refractivity contribution < 1.29 is 19.1 Å². The van der Waals surface area contributed by atoms with Crippen molar-refractivity contribution in [1.82, 2.24) is 0 Å². The van der Waals surface area contributed by atoms with Crippen LogP contribution < -0.4 is 16.0 Å². The van der Waals surface area contributed by atoms with E-state index in [2.05, 4.69) is 16.0 Å². The normalized spacial score (nSPS) is 11.2. The summed E-state index contributed by atoms with van der Waals surface area (Å²) in [4.78, 5) is 34.0. The van der Waals surface area contributed by atoms with Crippen molar-refractivity contribution in [2.45, 2.75) is 13.8 Å². The van der Waals surface area contributed by atoms with Crippen LogP contribution in [-0.4, -0.2) is 31.9 Å². The van der Waals surface area contributed by atoms with Gasteiger partial charge >= 0.3 is 5.97 Å². The van der Waals surface area contributed by atoms with Gasteiger partial charge in [-0.05, 0) is 32.0 Å². The average Bonchev–Trinajstić information content (AvgIpc) is 2.47. The minimum absolute atomic E-state index is 0.223. The Kier molecular flexibility index (Phi) is 6.19. The molecule has 1 aromatic rings. The van der Waals surface area contributed by atoms with Gasteiger partial charge in [-0.25, -0.2) is 0 Å². The summed E-state index contributed by atoms with van der Waals surface area (Å²) >= 11 is 0. The molecule has 0 saturated carbocycles. The first kappa shape index (κ1) is 16.5. The minimum atomic E-state index is -0.906. The highest BCUT2D eigenvalue weighted by molar-refractivity contribution is 6.04. The van der Waals surface area contributed by atoms with Gasteiger partial charge in [-0.1, -0.05) is 0 Å². The van der Waals surface area contributed by atoms with Gasteiger partial charge in [0.15, 0.2) is 0 Å². The van der Waals surface area contributed by atoms with Crippen LogP contribution in [0.1, 0.15) is 13.8 Å². The van der Waals surface area contributed by atoms with E-state index >= 15 is 0 Å². The van der Waals surface area contributed by atoms with E-state index in [0.29, 0.717) is 23.5 Å². The molecule has 0 aliphatic heterocycles. The van der Waals surface area contributed by atoms with E-state index in [1.54, 1.807) is 32.2 Å². The second kappa shape index (κ2) is 7.88. The molecule has 0 radical (unpaired) electrons. The van der Waals surface area contributed by atoms with E-state index in [1.807, 2.05) is 0 Å². The lowest BCUT2D eigenvalue weighted by Crippen LogP contribution is -2.28. The van der Waals surface area contributed by atoms with Crippen LogP contribution in [0.25, 0.3) is 0 Å². The number of esters is 1. The fourth-order valence-corrected chi connectivity index (χ4v) is 1.65. The first-order valence-corrected chi connectivity index (χ1v) is 6.53. The fourth-order valence-electron chi connectivity index (χ4n) is 1.65. The molecule has 0 saturated heterocycles. The van der Waals surface area contributed by atoms with Crippen LogP contribution in [0, 0.1) is 5.92 Å². The van der Waals surface area contributed by atoms with Crippen LogP contribution in [-0.2, 0) is 19.1 Å². The maximum Gasteiger partial charge on any atom is 0.318 e. The lowest BCUT2D eigenvalue weighted by molar-refractivity contribution is -0.150. The van der Waals surface area contributed by atoms with Crippen LogP contribution in [0.15, 0.2) is 18.2 Å². The third-order valence-electron chi connectivity index (χ3n) is 2.80. The molecule has 0 aromatic heterocycles. The van der Waals surface area contributed by atoms with E-state index in [4.69, 9.17) is 4.74 Å². The summed E-state index contributed by atoms with van der Waals surface area (Å²) in [5.41, 5.74) is 1.70. The third kappa shape index (κ3) is 4.48. The monoisotopic (exact) mass is 293 g/mol. The van der Waals surface area contributed by atoms with Crippen molar-refractivity contribution in [3.8, 4) is 0 Å². The van der Waals surface area contributed by atoms with Crippen molar-refractivity contribution in [1.29, 1.82) is 0 Å². The molecule has 7 heteroatoms. The maximum atomic E-state index is 11.9. The highest BCUT2D eigenvalue weighted by Crippen LogP contribution is 2.25. The Bertz CT molecular complexity index is 531. The first-order valence-electron chi connectivity index (χ1n) is 6.53. The zero-order valence-corrected chi connectivity index (χ0v) is 12.2. The van der Waals surface area contributed by atoms with Gasteiger partial charge in [-0.15, -0.1) is 0 Å². The molecule has 2 amide bonds. The molecule has 0 aliphatic rings. The highest BCUT2D eigenvalue weighted by atomic mass is 16.5. The number of carbonyl (C=O) groups is 3. The van der Waals surface area contributed by atoms with Crippen molar-refractivity contribution in [2.24, 2.45) is 5.92 Å². The first-order chi connectivity index (χ1) is 10.0. The van der Waals surface area contributed by atoms with Gasteiger partial charge < -0.3 is 20.7 Å². The number of hydrogen-bond acceptors (Lipinski definition) is 5. The van der Waals surface area contributed by atoms with E-state index < -0.39 is 17.8 Å². The van der Waals surface area contributed by atoms with Crippen molar-refractivity contribution in [3.63, 3.8) is 0 Å². The SMILES string of the molecule is CCOC(=O)C(C)C(=O)Nc1ccc(NC)c(NC=O)c1. The molecule has 1 unspecified atom stereocenters. The molecule has 0 spiro atoms. The Hall–Kier alpha value is -2.57. The van der Waals surface area contributed by atoms with Gasteiger partial charge in [-0.2, -0.15) is 0 Å². The molecular formula is C14H19N3O4. The van der Waals surface area contributed by atoms with Crippen molar-refractivity contribution >= 4 is 35.3 Å². The largest absolute Gasteiger partial charge is 0.465 e. The number of hydrogen-bond donors (Lipinski definition) is 3. The molecular weight excluding hydrogens is 274 g/mol. The predicted octanol–water partition coefficient (Wildman–Crippen LogP) is 1.43. The summed E-state index contributed by atoms with van der Waals surface area (Å²) in [6, 6.07) is 4.96. The zero-order valence-electron chi connectivity index (χ0n) is 12.2. The van der Waals surface area contributed by atoms with E-state index in [1.165, 1.54) is 6.92 Å². The summed E-state index contributed by atoms with van der Waals surface area (Å²) in [5, 5.41) is 8.05. The molecule has 0 fully saturated rings. The van der Waals surface area contributed by atoms with Gasteiger partial charge in [0.05, 0.1) is 18.0 Å². The second-order valence-corrected chi connectivity index (χ2v) is 4.24. The van der Waals surface area contributed by atoms with E-state index in [-0.39, 0.29) is 6.61 Å². The summed E-state index contributed by atoms with van der Waals surface area (Å²) in [5.74, 6) is -1.95. The van der Waals surface area contributed by atoms with Crippen molar-refractivity contribution in [3.05, 3.63) is 18.2 Å². The Morgan fingerprint density at radius 1 is 1.33 bits per heavy atom. The number of anilines is 3. The molecule has 1 atom stereocenters. The summed E-state index contributed by atoms with van der Waals surface area (Å²) in [7, 11) is 1.71. The van der Waals surface area contributed by atoms with Gasteiger partial charge in [0.1, 0.15) is 5.92 Å². The molecule has 7 nitrogen and oxygen atoms in total. The van der Waals surface area contributed by atoms with Gasteiger partial charge in [0.2, 0.25) is 12.3 Å². The summed E-state index contributed by atoms with van der Waals surface area (Å²) in [6.45, 7) is 3.37. The standard InChI is InChI=1S/C14H19N3O4/c1-4-21-14(20)9(2)13(19)17-10-5-6-11(15-3)12(7-10)16-8-18/h5-9,15H,4H2,1-3H3,(H,16,18)(H,17,19). The molecule has 0 bridgehead atoms. The smallest absolute Gasteiger partial charge is 0.318 e. The number of amides is 2.